The highest BCUT2D eigenvalue weighted by Crippen LogP contribution is 2.19. The van der Waals surface area contributed by atoms with Crippen molar-refractivity contribution in [2.45, 2.75) is 64.1 Å². The minimum absolute atomic E-state index is 0.0906. The molecule has 0 aliphatic carbocycles. The van der Waals surface area contributed by atoms with Crippen molar-refractivity contribution in [2.24, 2.45) is 5.73 Å². The molecular formula is C21H35N7O5. The molecule has 3 heterocycles. The van der Waals surface area contributed by atoms with Crippen molar-refractivity contribution >= 4 is 29.9 Å². The van der Waals surface area contributed by atoms with Crippen LogP contribution in [0.4, 0.5) is 0 Å². The van der Waals surface area contributed by atoms with Gasteiger partial charge in [-0.25, -0.2) is 4.98 Å². The van der Waals surface area contributed by atoms with E-state index >= 15 is 0 Å². The molecule has 2 fully saturated rings. The summed E-state index contributed by atoms with van der Waals surface area (Å²) in [6.07, 6.45) is 6.33. The molecule has 1 aromatic heterocycles. The second-order valence-electron chi connectivity index (χ2n) is 7.46. The van der Waals surface area contributed by atoms with Gasteiger partial charge in [0.05, 0.1) is 12.9 Å². The number of H-pyrrole nitrogens is 1. The first kappa shape index (κ1) is 27.8. The fourth-order valence-corrected chi connectivity index (χ4v) is 3.51. The van der Waals surface area contributed by atoms with Crippen molar-refractivity contribution in [3.05, 3.63) is 18.2 Å². The molecule has 33 heavy (non-hydrogen) atoms. The Morgan fingerprint density at radius 2 is 2.03 bits per heavy atom. The lowest BCUT2D eigenvalue weighted by Gasteiger charge is -2.28. The molecular weight excluding hydrogens is 430 g/mol. The number of hydrogen-bond donors (Lipinski definition) is 5. The predicted molar refractivity (Wildman–Crippen MR) is 121 cm³/mol. The number of aldehydes is 1. The fraction of sp³-hybridized carbons (Fsp3) is 0.619. The minimum atomic E-state index is -0.746. The Morgan fingerprint density at radius 3 is 2.52 bits per heavy atom. The third-order valence-corrected chi connectivity index (χ3v) is 5.17. The van der Waals surface area contributed by atoms with Gasteiger partial charge in [0.15, 0.2) is 0 Å². The molecule has 3 rings (SSSR count). The van der Waals surface area contributed by atoms with Crippen LogP contribution in [-0.4, -0.2) is 83.0 Å². The Morgan fingerprint density at radius 1 is 1.30 bits per heavy atom. The standard InChI is InChI=1S/C16H24N4O5.C4H6N2.CH5N/c1-2-10(19-14(23)11-5-6-13(22)18-11)16(25)20-8-3-4-12(20)15(24)17-7-9-21;1-4-2-5-3-6-4;1-2/h9-12H,2-8H2,1H3,(H,17,24)(H,18,22)(H,19,23);2-3H,1H3,(H,5,6);2H2,1H3. The number of nitrogens with two attached hydrogens (primary N) is 1. The lowest BCUT2D eigenvalue weighted by molar-refractivity contribution is -0.141. The van der Waals surface area contributed by atoms with E-state index in [0.717, 1.165) is 5.69 Å². The molecule has 0 bridgehead atoms. The van der Waals surface area contributed by atoms with Gasteiger partial charge in [0.1, 0.15) is 24.4 Å². The number of aromatic nitrogens is 2. The molecule has 2 saturated heterocycles. The maximum atomic E-state index is 12.8. The van der Waals surface area contributed by atoms with Crippen LogP contribution in [0.25, 0.3) is 0 Å². The molecule has 0 spiro atoms. The van der Waals surface area contributed by atoms with Gasteiger partial charge in [-0.05, 0) is 39.7 Å². The highest BCUT2D eigenvalue weighted by Gasteiger charge is 2.38. The van der Waals surface area contributed by atoms with Crippen LogP contribution in [0.2, 0.25) is 0 Å². The van der Waals surface area contributed by atoms with Gasteiger partial charge in [-0.3, -0.25) is 19.2 Å². The van der Waals surface area contributed by atoms with E-state index in [4.69, 9.17) is 0 Å². The zero-order chi connectivity index (χ0) is 24.8. The largest absolute Gasteiger partial charge is 0.349 e. The molecule has 0 radical (unpaired) electrons. The number of likely N-dealkylation sites (tertiary alicyclic amines) is 1. The van der Waals surface area contributed by atoms with Crippen molar-refractivity contribution in [2.75, 3.05) is 20.1 Å². The molecule has 3 unspecified atom stereocenters. The molecule has 4 amide bonds. The van der Waals surface area contributed by atoms with Gasteiger partial charge in [-0.1, -0.05) is 6.92 Å². The third-order valence-electron chi connectivity index (χ3n) is 5.17. The summed E-state index contributed by atoms with van der Waals surface area (Å²) >= 11 is 0. The number of imidazole rings is 1. The summed E-state index contributed by atoms with van der Waals surface area (Å²) in [7, 11) is 1.50. The number of carbonyl (C=O) groups is 5. The maximum Gasteiger partial charge on any atom is 0.245 e. The number of nitrogens with one attached hydrogen (secondary N) is 4. The highest BCUT2D eigenvalue weighted by atomic mass is 16.2. The Kier molecular flexibility index (Phi) is 12.4. The Hall–Kier alpha value is -3.28. The average Bonchev–Trinajstić information content (AvgIpc) is 3.59. The van der Waals surface area contributed by atoms with Crippen LogP contribution in [0.3, 0.4) is 0 Å². The number of nitrogens with zero attached hydrogens (tertiary/aromatic N) is 2. The summed E-state index contributed by atoms with van der Waals surface area (Å²) < 4.78 is 0. The first-order valence-corrected chi connectivity index (χ1v) is 11.0. The normalized spacial score (nSPS) is 19.8. The van der Waals surface area contributed by atoms with Gasteiger partial charge in [0.2, 0.25) is 23.6 Å². The maximum absolute atomic E-state index is 12.8. The van der Waals surface area contributed by atoms with Crippen LogP contribution >= 0.6 is 0 Å². The number of carbonyl (C=O) groups excluding carboxylic acids is 5. The monoisotopic (exact) mass is 465 g/mol. The quantitative estimate of drug-likeness (QED) is 0.312. The van der Waals surface area contributed by atoms with E-state index in [2.05, 4.69) is 31.7 Å². The van der Waals surface area contributed by atoms with Gasteiger partial charge in [0.25, 0.3) is 0 Å². The van der Waals surface area contributed by atoms with E-state index in [1.807, 2.05) is 6.92 Å². The second-order valence-corrected chi connectivity index (χ2v) is 7.46. The van der Waals surface area contributed by atoms with Gasteiger partial charge in [0, 0.05) is 24.9 Å². The summed E-state index contributed by atoms with van der Waals surface area (Å²) in [6, 6.07) is -1.98. The molecule has 12 nitrogen and oxygen atoms in total. The predicted octanol–water partition coefficient (Wildman–Crippen LogP) is -1.24. The molecule has 6 N–H and O–H groups in total. The van der Waals surface area contributed by atoms with Crippen LogP contribution in [0.1, 0.15) is 44.7 Å². The summed E-state index contributed by atoms with van der Waals surface area (Å²) in [5.41, 5.74) is 5.61. The molecule has 184 valence electrons. The van der Waals surface area contributed by atoms with Gasteiger partial charge >= 0.3 is 0 Å². The van der Waals surface area contributed by atoms with Crippen molar-refractivity contribution < 1.29 is 24.0 Å². The van der Waals surface area contributed by atoms with Crippen molar-refractivity contribution in [1.82, 2.24) is 30.8 Å². The Labute approximate surface area is 193 Å². The summed E-state index contributed by atoms with van der Waals surface area (Å²) in [4.78, 5) is 66.8. The van der Waals surface area contributed by atoms with Crippen molar-refractivity contribution in [1.29, 1.82) is 0 Å². The van der Waals surface area contributed by atoms with E-state index in [1.165, 1.54) is 11.9 Å². The molecule has 0 aromatic carbocycles. The van der Waals surface area contributed by atoms with Crippen molar-refractivity contribution in [3.8, 4) is 0 Å². The number of rotatable bonds is 7. The van der Waals surface area contributed by atoms with E-state index in [0.29, 0.717) is 44.9 Å². The van der Waals surface area contributed by atoms with E-state index in [1.54, 1.807) is 19.4 Å². The number of aryl methyl sites for hydroxylation is 1. The molecule has 12 heteroatoms. The van der Waals surface area contributed by atoms with E-state index < -0.39 is 18.1 Å². The molecule has 2 aliphatic heterocycles. The number of amides is 4. The molecule has 3 atom stereocenters. The van der Waals surface area contributed by atoms with Crippen LogP contribution in [0.15, 0.2) is 12.5 Å². The zero-order valence-electron chi connectivity index (χ0n) is 19.4. The Balaban J connectivity index is 0.000000578. The average molecular weight is 466 g/mol. The molecule has 2 aliphatic rings. The Bertz CT molecular complexity index is 784. The zero-order valence-corrected chi connectivity index (χ0v) is 19.4. The minimum Gasteiger partial charge on any atom is -0.349 e. The third kappa shape index (κ3) is 8.64. The second kappa shape index (κ2) is 14.7. The smallest absolute Gasteiger partial charge is 0.245 e. The van der Waals surface area contributed by atoms with Crippen LogP contribution < -0.4 is 21.7 Å². The van der Waals surface area contributed by atoms with Gasteiger partial charge in [-0.2, -0.15) is 0 Å². The lowest BCUT2D eigenvalue weighted by Crippen LogP contribution is -2.55. The number of aromatic amines is 1. The first-order valence-electron chi connectivity index (χ1n) is 11.0. The first-order chi connectivity index (χ1) is 15.9. The van der Waals surface area contributed by atoms with Gasteiger partial charge in [-0.15, -0.1) is 0 Å². The van der Waals surface area contributed by atoms with E-state index in [9.17, 15) is 24.0 Å². The fourth-order valence-electron chi connectivity index (χ4n) is 3.51. The number of hydrogen-bond acceptors (Lipinski definition) is 7. The van der Waals surface area contributed by atoms with Crippen LogP contribution in [0.5, 0.6) is 0 Å². The van der Waals surface area contributed by atoms with Gasteiger partial charge < -0.3 is 36.4 Å². The SMILES string of the molecule is CCC(NC(=O)C1CCC(=O)N1)C(=O)N1CCCC1C(=O)NCC=O.CN.Cc1cnc[nH]1. The summed E-state index contributed by atoms with van der Waals surface area (Å²) in [5, 5.41) is 7.72. The highest BCUT2D eigenvalue weighted by molar-refractivity contribution is 5.95. The summed E-state index contributed by atoms with van der Waals surface area (Å²) in [5.74, 6) is -1.23. The summed E-state index contributed by atoms with van der Waals surface area (Å²) in [6.45, 7) is 4.08. The molecule has 0 saturated carbocycles. The lowest BCUT2D eigenvalue weighted by atomic mass is 10.1. The van der Waals surface area contributed by atoms with E-state index in [-0.39, 0.29) is 30.2 Å². The van der Waals surface area contributed by atoms with Crippen LogP contribution in [-0.2, 0) is 24.0 Å². The molecule has 1 aromatic rings. The van der Waals surface area contributed by atoms with Crippen molar-refractivity contribution in [3.63, 3.8) is 0 Å². The topological polar surface area (TPSA) is 179 Å². The van der Waals surface area contributed by atoms with Crippen LogP contribution in [0, 0.1) is 6.92 Å².